The molecular weight excluding hydrogens is 716 g/mol. The lowest BCUT2D eigenvalue weighted by Gasteiger charge is -2.30. The zero-order valence-corrected chi connectivity index (χ0v) is 31.5. The van der Waals surface area contributed by atoms with E-state index in [9.17, 15) is 24.8 Å². The number of carbonyl (C=O) groups excluding carboxylic acids is 2. The molecule has 0 bridgehead atoms. The van der Waals surface area contributed by atoms with Crippen molar-refractivity contribution in [2.45, 2.75) is 39.0 Å². The summed E-state index contributed by atoms with van der Waals surface area (Å²) in [5.74, 6) is -0.0631. The van der Waals surface area contributed by atoms with Crippen molar-refractivity contribution < 1.29 is 43.3 Å². The van der Waals surface area contributed by atoms with Crippen molar-refractivity contribution in [1.82, 2.24) is 4.90 Å². The predicted molar refractivity (Wildman–Crippen MR) is 210 cm³/mol. The molecule has 0 aromatic heterocycles. The van der Waals surface area contributed by atoms with Crippen LogP contribution in [0.25, 0.3) is 0 Å². The van der Waals surface area contributed by atoms with Crippen molar-refractivity contribution in [1.29, 1.82) is 0 Å². The van der Waals surface area contributed by atoms with Crippen LogP contribution in [0.2, 0.25) is 0 Å². The fourth-order valence-electron chi connectivity index (χ4n) is 6.08. The Labute approximate surface area is 326 Å². The number of nitro groups is 1. The van der Waals surface area contributed by atoms with Crippen LogP contribution in [0.3, 0.4) is 0 Å². The molecule has 56 heavy (non-hydrogen) atoms. The third-order valence-electron chi connectivity index (χ3n) is 8.81. The molecule has 292 valence electrons. The van der Waals surface area contributed by atoms with Gasteiger partial charge in [-0.2, -0.15) is 0 Å². The molecule has 1 unspecified atom stereocenters. The maximum Gasteiger partial charge on any atom is 0.344 e. The number of carbonyl (C=O) groups is 2. The number of hydrogen-bond acceptors (Lipinski definition) is 11. The lowest BCUT2D eigenvalue weighted by molar-refractivity contribution is -0.386. The second-order valence-corrected chi connectivity index (χ2v) is 12.8. The summed E-state index contributed by atoms with van der Waals surface area (Å²) in [7, 11) is 0. The Kier molecular flexibility index (Phi) is 15.4. The highest BCUT2D eigenvalue weighted by atomic mass is 16.6. The van der Waals surface area contributed by atoms with Crippen molar-refractivity contribution in [3.63, 3.8) is 0 Å². The number of aliphatic hydroxyl groups is 1. The number of ether oxygens (including phenoxy) is 5. The van der Waals surface area contributed by atoms with Crippen molar-refractivity contribution in [2.24, 2.45) is 0 Å². The summed E-state index contributed by atoms with van der Waals surface area (Å²) in [4.78, 5) is 37.5. The van der Waals surface area contributed by atoms with Crippen LogP contribution in [0.1, 0.15) is 53.7 Å². The Morgan fingerprint density at radius 2 is 1.16 bits per heavy atom. The number of nitro benzene ring substituents is 1. The highest BCUT2D eigenvalue weighted by molar-refractivity contribution is 5.71. The van der Waals surface area contributed by atoms with Gasteiger partial charge in [0.05, 0.1) is 24.2 Å². The number of aliphatic hydroxyl groups excluding tert-OH is 1. The summed E-state index contributed by atoms with van der Waals surface area (Å²) in [6.45, 7) is 4.75. The number of nitrogens with zero attached hydrogens (tertiary/aromatic N) is 2. The fraction of sp³-hybridized carbons (Fsp3) is 0.273. The van der Waals surface area contributed by atoms with E-state index in [4.69, 9.17) is 23.7 Å². The van der Waals surface area contributed by atoms with Crippen LogP contribution in [-0.4, -0.2) is 66.4 Å². The molecule has 0 aliphatic heterocycles. The topological polar surface area (TPSA) is 147 Å². The van der Waals surface area contributed by atoms with Gasteiger partial charge in [0.25, 0.3) is 0 Å². The van der Waals surface area contributed by atoms with Gasteiger partial charge in [-0.3, -0.25) is 15.0 Å². The van der Waals surface area contributed by atoms with Gasteiger partial charge in [-0.1, -0.05) is 91.0 Å². The Balaban J connectivity index is 1.41. The van der Waals surface area contributed by atoms with Crippen LogP contribution in [0.15, 0.2) is 127 Å². The van der Waals surface area contributed by atoms with E-state index >= 15 is 0 Å². The quantitative estimate of drug-likeness (QED) is 0.0453. The summed E-state index contributed by atoms with van der Waals surface area (Å²) in [5, 5.41) is 23.8. The van der Waals surface area contributed by atoms with E-state index in [0.717, 1.165) is 22.3 Å². The summed E-state index contributed by atoms with van der Waals surface area (Å²) in [5.41, 5.74) is 3.88. The van der Waals surface area contributed by atoms with Crippen molar-refractivity contribution in [3.05, 3.63) is 165 Å². The Hall–Kier alpha value is -6.24. The summed E-state index contributed by atoms with van der Waals surface area (Å²) in [6.07, 6.45) is -1.08. The average molecular weight is 763 g/mol. The SMILES string of the molecule is CCOC(=O)COc1ccc(C(CN(Cc2ccccc2)CC(O)c2ccc(OCc3ccccc3)c([N+](=O)[O-])c2)c2ccc(OCC(=O)OCC)cc2)cc1. The molecule has 0 saturated carbocycles. The van der Waals surface area contributed by atoms with Crippen LogP contribution in [-0.2, 0) is 32.2 Å². The molecule has 5 aromatic carbocycles. The first-order valence-electron chi connectivity index (χ1n) is 18.4. The van der Waals surface area contributed by atoms with Gasteiger partial charge in [0.15, 0.2) is 19.0 Å². The normalized spacial score (nSPS) is 11.5. The first kappa shape index (κ1) is 40.9. The van der Waals surface area contributed by atoms with E-state index in [-0.39, 0.29) is 56.9 Å². The van der Waals surface area contributed by atoms with Crippen molar-refractivity contribution >= 4 is 17.6 Å². The van der Waals surface area contributed by atoms with Gasteiger partial charge >= 0.3 is 17.6 Å². The van der Waals surface area contributed by atoms with Crippen LogP contribution >= 0.6 is 0 Å². The van der Waals surface area contributed by atoms with Gasteiger partial charge in [0.1, 0.15) is 18.1 Å². The molecule has 12 nitrogen and oxygen atoms in total. The van der Waals surface area contributed by atoms with E-state index in [2.05, 4.69) is 4.90 Å². The molecule has 0 fully saturated rings. The van der Waals surface area contributed by atoms with Gasteiger partial charge in [0.2, 0.25) is 0 Å². The Morgan fingerprint density at radius 3 is 1.66 bits per heavy atom. The van der Waals surface area contributed by atoms with Gasteiger partial charge in [0, 0.05) is 31.6 Å². The molecular formula is C44H46N2O10. The second-order valence-electron chi connectivity index (χ2n) is 12.8. The zero-order valence-electron chi connectivity index (χ0n) is 31.5. The molecule has 12 heteroatoms. The van der Waals surface area contributed by atoms with Crippen molar-refractivity contribution in [2.75, 3.05) is 39.5 Å². The van der Waals surface area contributed by atoms with Gasteiger partial charge in [-0.05, 0) is 72.0 Å². The molecule has 0 heterocycles. The summed E-state index contributed by atoms with van der Waals surface area (Å²) >= 11 is 0. The van der Waals surface area contributed by atoms with E-state index in [0.29, 0.717) is 30.2 Å². The minimum atomic E-state index is -1.08. The van der Waals surface area contributed by atoms with Crippen molar-refractivity contribution in [3.8, 4) is 17.2 Å². The highest BCUT2D eigenvalue weighted by Gasteiger charge is 2.25. The largest absolute Gasteiger partial charge is 0.482 e. The third kappa shape index (κ3) is 12.4. The molecule has 0 saturated heterocycles. The molecule has 0 aliphatic rings. The molecule has 0 aliphatic carbocycles. The summed E-state index contributed by atoms with van der Waals surface area (Å²) < 4.78 is 27.1. The van der Waals surface area contributed by atoms with Gasteiger partial charge < -0.3 is 28.8 Å². The minimum absolute atomic E-state index is 0.111. The van der Waals surface area contributed by atoms with Crippen LogP contribution < -0.4 is 14.2 Å². The van der Waals surface area contributed by atoms with E-state index < -0.39 is 23.0 Å². The van der Waals surface area contributed by atoms with E-state index in [1.807, 2.05) is 84.9 Å². The van der Waals surface area contributed by atoms with Crippen LogP contribution in [0, 0.1) is 10.1 Å². The maximum absolute atomic E-state index is 12.2. The molecule has 5 rings (SSSR count). The molecule has 0 amide bonds. The minimum Gasteiger partial charge on any atom is -0.482 e. The summed E-state index contributed by atoms with van der Waals surface area (Å²) in [6, 6.07) is 38.6. The smallest absolute Gasteiger partial charge is 0.344 e. The third-order valence-corrected chi connectivity index (χ3v) is 8.81. The van der Waals surface area contributed by atoms with E-state index in [1.165, 1.54) is 12.1 Å². The molecule has 5 aromatic rings. The second kappa shape index (κ2) is 21.0. The monoisotopic (exact) mass is 762 g/mol. The first-order chi connectivity index (χ1) is 27.2. The first-order valence-corrected chi connectivity index (χ1v) is 18.4. The van der Waals surface area contributed by atoms with Crippen LogP contribution in [0.5, 0.6) is 17.2 Å². The highest BCUT2D eigenvalue weighted by Crippen LogP contribution is 2.33. The molecule has 0 spiro atoms. The number of hydrogen-bond donors (Lipinski definition) is 1. The van der Waals surface area contributed by atoms with Gasteiger partial charge in [-0.15, -0.1) is 0 Å². The molecule has 1 atom stereocenters. The number of rotatable bonds is 21. The maximum atomic E-state index is 12.2. The van der Waals surface area contributed by atoms with E-state index in [1.54, 1.807) is 44.2 Å². The zero-order chi connectivity index (χ0) is 39.7. The lowest BCUT2D eigenvalue weighted by Crippen LogP contribution is -2.33. The lowest BCUT2D eigenvalue weighted by atomic mass is 9.90. The Bertz CT molecular complexity index is 1930. The standard InChI is InChI=1S/C44H46N2O10/c1-3-52-43(48)30-54-37-20-15-34(16-21-37)39(35-17-22-38(23-18-35)55-31-44(49)53-4-2)27-45(26-32-11-7-5-8-12-32)28-41(47)36-19-24-42(40(25-36)46(50)51)56-29-33-13-9-6-10-14-33/h5-25,39,41,47H,3-4,26-31H2,1-2H3. The van der Waals surface area contributed by atoms with Crippen LogP contribution in [0.4, 0.5) is 5.69 Å². The Morgan fingerprint density at radius 1 is 0.661 bits per heavy atom. The van der Waals surface area contributed by atoms with Gasteiger partial charge in [-0.25, -0.2) is 9.59 Å². The number of benzene rings is 5. The fourth-order valence-corrected chi connectivity index (χ4v) is 6.08. The molecule has 0 radical (unpaired) electrons. The number of esters is 2. The molecule has 1 N–H and O–H groups in total. The predicted octanol–water partition coefficient (Wildman–Crippen LogP) is 7.43. The average Bonchev–Trinajstić information content (AvgIpc) is 3.22.